The summed E-state index contributed by atoms with van der Waals surface area (Å²) in [4.78, 5) is 41.4. The number of benzene rings is 2. The molecule has 0 radical (unpaired) electrons. The number of aromatic nitrogens is 2. The molecule has 8 nitrogen and oxygen atoms in total. The van der Waals surface area contributed by atoms with Gasteiger partial charge in [0.15, 0.2) is 11.6 Å². The molecular weight excluding hydrogens is 391 g/mol. The highest BCUT2D eigenvalue weighted by Crippen LogP contribution is 2.18. The van der Waals surface area contributed by atoms with E-state index in [-0.39, 0.29) is 23.3 Å². The van der Waals surface area contributed by atoms with Gasteiger partial charge >= 0.3 is 0 Å². The molecule has 3 aromatic rings. The smallest absolute Gasteiger partial charge is 0.269 e. The SMILES string of the molecule is COc1ccc(CC(=O)NNC(=O)c2ccc3c(=O)n4c(nc3c2)CCC4)cc1F. The number of hydrazine groups is 1. The number of rotatable bonds is 4. The van der Waals surface area contributed by atoms with Gasteiger partial charge in [0.25, 0.3) is 11.5 Å². The highest BCUT2D eigenvalue weighted by Gasteiger charge is 2.17. The molecule has 0 fully saturated rings. The van der Waals surface area contributed by atoms with Crippen molar-refractivity contribution in [3.8, 4) is 5.75 Å². The van der Waals surface area contributed by atoms with Crippen LogP contribution in [-0.4, -0.2) is 28.5 Å². The molecule has 2 N–H and O–H groups in total. The van der Waals surface area contributed by atoms with E-state index in [0.717, 1.165) is 12.8 Å². The first-order valence-corrected chi connectivity index (χ1v) is 9.41. The van der Waals surface area contributed by atoms with Gasteiger partial charge in [-0.05, 0) is 42.3 Å². The number of ether oxygens (including phenoxy) is 1. The van der Waals surface area contributed by atoms with Crippen LogP contribution in [0.3, 0.4) is 0 Å². The van der Waals surface area contributed by atoms with Crippen molar-refractivity contribution in [3.05, 3.63) is 69.5 Å². The van der Waals surface area contributed by atoms with Crippen molar-refractivity contribution in [2.24, 2.45) is 0 Å². The van der Waals surface area contributed by atoms with Crippen molar-refractivity contribution in [3.63, 3.8) is 0 Å². The van der Waals surface area contributed by atoms with E-state index in [2.05, 4.69) is 15.8 Å². The van der Waals surface area contributed by atoms with Crippen LogP contribution in [0.2, 0.25) is 0 Å². The number of aryl methyl sites for hydroxylation is 1. The summed E-state index contributed by atoms with van der Waals surface area (Å²) in [5.41, 5.74) is 5.65. The molecule has 9 heteroatoms. The maximum absolute atomic E-state index is 13.7. The second-order valence-electron chi connectivity index (χ2n) is 6.97. The maximum Gasteiger partial charge on any atom is 0.269 e. The van der Waals surface area contributed by atoms with Gasteiger partial charge in [-0.15, -0.1) is 0 Å². The molecule has 1 aliphatic heterocycles. The minimum absolute atomic E-state index is 0.0858. The molecule has 1 aliphatic rings. The minimum Gasteiger partial charge on any atom is -0.494 e. The van der Waals surface area contributed by atoms with Crippen LogP contribution in [0.5, 0.6) is 5.75 Å². The van der Waals surface area contributed by atoms with Crippen LogP contribution in [0.4, 0.5) is 4.39 Å². The van der Waals surface area contributed by atoms with Crippen molar-refractivity contribution >= 4 is 22.7 Å². The number of carbonyl (C=O) groups is 2. The zero-order valence-electron chi connectivity index (χ0n) is 16.2. The third kappa shape index (κ3) is 3.73. The van der Waals surface area contributed by atoms with Gasteiger partial charge in [0.2, 0.25) is 5.91 Å². The van der Waals surface area contributed by atoms with E-state index in [9.17, 15) is 18.8 Å². The highest BCUT2D eigenvalue weighted by molar-refractivity contribution is 5.98. The van der Waals surface area contributed by atoms with Crippen molar-refractivity contribution in [1.82, 2.24) is 20.4 Å². The molecule has 2 heterocycles. The Morgan fingerprint density at radius 3 is 2.80 bits per heavy atom. The lowest BCUT2D eigenvalue weighted by molar-refractivity contribution is -0.121. The molecule has 0 atom stereocenters. The van der Waals surface area contributed by atoms with Crippen LogP contribution in [0.1, 0.15) is 28.2 Å². The quantitative estimate of drug-likeness (QED) is 0.635. The topological polar surface area (TPSA) is 102 Å². The monoisotopic (exact) mass is 410 g/mol. The fourth-order valence-electron chi connectivity index (χ4n) is 3.47. The lowest BCUT2D eigenvalue weighted by Crippen LogP contribution is -2.42. The molecule has 4 rings (SSSR count). The Bertz CT molecular complexity index is 1220. The summed E-state index contributed by atoms with van der Waals surface area (Å²) < 4.78 is 20.2. The standard InChI is InChI=1S/C21H19FN4O4/c1-30-17-7-4-12(9-15(17)22)10-19(27)24-25-20(28)13-5-6-14-16(11-13)23-18-3-2-8-26(18)21(14)29/h4-7,9,11H,2-3,8,10H2,1H3,(H,24,27)(H,25,28). The summed E-state index contributed by atoms with van der Waals surface area (Å²) in [6.07, 6.45) is 1.48. The Balaban J connectivity index is 1.43. The molecule has 0 saturated heterocycles. The summed E-state index contributed by atoms with van der Waals surface area (Å²) in [6.45, 7) is 0.656. The van der Waals surface area contributed by atoms with Gasteiger partial charge in [-0.2, -0.15) is 0 Å². The van der Waals surface area contributed by atoms with Gasteiger partial charge in [0.05, 0.1) is 24.4 Å². The zero-order valence-corrected chi connectivity index (χ0v) is 16.2. The number of halogens is 1. The fourth-order valence-corrected chi connectivity index (χ4v) is 3.47. The zero-order chi connectivity index (χ0) is 21.3. The number of fused-ring (bicyclic) bond motifs is 2. The second-order valence-corrected chi connectivity index (χ2v) is 6.97. The van der Waals surface area contributed by atoms with E-state index in [0.29, 0.717) is 28.8 Å². The summed E-state index contributed by atoms with van der Waals surface area (Å²) in [7, 11) is 1.35. The molecule has 2 aromatic carbocycles. The number of carbonyl (C=O) groups excluding carboxylic acids is 2. The summed E-state index contributed by atoms with van der Waals surface area (Å²) in [5.74, 6) is -0.831. The molecule has 0 unspecified atom stereocenters. The van der Waals surface area contributed by atoms with Crippen molar-refractivity contribution in [2.75, 3.05) is 7.11 Å². The lowest BCUT2D eigenvalue weighted by Gasteiger charge is -2.09. The number of hydrogen-bond acceptors (Lipinski definition) is 5. The van der Waals surface area contributed by atoms with Gasteiger partial charge in [0, 0.05) is 18.5 Å². The molecule has 0 bridgehead atoms. The van der Waals surface area contributed by atoms with Gasteiger partial charge in [0.1, 0.15) is 5.82 Å². The summed E-state index contributed by atoms with van der Waals surface area (Å²) >= 11 is 0. The fraction of sp³-hybridized carbons (Fsp3) is 0.238. The average molecular weight is 410 g/mol. The minimum atomic E-state index is -0.571. The van der Waals surface area contributed by atoms with E-state index in [1.54, 1.807) is 16.7 Å². The van der Waals surface area contributed by atoms with E-state index in [4.69, 9.17) is 4.74 Å². The largest absolute Gasteiger partial charge is 0.494 e. The molecule has 2 amide bonds. The van der Waals surface area contributed by atoms with Gasteiger partial charge < -0.3 is 4.74 Å². The molecule has 154 valence electrons. The Morgan fingerprint density at radius 2 is 2.03 bits per heavy atom. The third-order valence-electron chi connectivity index (χ3n) is 4.98. The van der Waals surface area contributed by atoms with Crippen LogP contribution < -0.4 is 21.1 Å². The third-order valence-corrected chi connectivity index (χ3v) is 4.98. The van der Waals surface area contributed by atoms with E-state index >= 15 is 0 Å². The predicted octanol–water partition coefficient (Wildman–Crippen LogP) is 1.49. The summed E-state index contributed by atoms with van der Waals surface area (Å²) in [6, 6.07) is 8.79. The van der Waals surface area contributed by atoms with E-state index < -0.39 is 17.6 Å². The van der Waals surface area contributed by atoms with Crippen LogP contribution in [0.25, 0.3) is 10.9 Å². The number of hydrogen-bond donors (Lipinski definition) is 2. The Hall–Kier alpha value is -3.75. The number of nitrogens with zero attached hydrogens (tertiary/aromatic N) is 2. The number of methoxy groups -OCH3 is 1. The molecule has 0 spiro atoms. The molecule has 0 saturated carbocycles. The normalized spacial score (nSPS) is 12.5. The Morgan fingerprint density at radius 1 is 1.20 bits per heavy atom. The first kappa shape index (κ1) is 19.6. The Labute approximate surface area is 170 Å². The van der Waals surface area contributed by atoms with Gasteiger partial charge in [-0.25, -0.2) is 9.37 Å². The number of nitrogens with one attached hydrogen (secondary N) is 2. The van der Waals surface area contributed by atoms with Crippen LogP contribution in [0, 0.1) is 5.82 Å². The highest BCUT2D eigenvalue weighted by atomic mass is 19.1. The van der Waals surface area contributed by atoms with E-state index in [1.165, 1.54) is 31.4 Å². The second kappa shape index (κ2) is 7.94. The maximum atomic E-state index is 13.7. The number of amides is 2. The summed E-state index contributed by atoms with van der Waals surface area (Å²) in [5, 5.41) is 0.447. The predicted molar refractivity (Wildman–Crippen MR) is 107 cm³/mol. The van der Waals surface area contributed by atoms with Crippen LogP contribution >= 0.6 is 0 Å². The molecule has 0 aliphatic carbocycles. The molecule has 30 heavy (non-hydrogen) atoms. The van der Waals surface area contributed by atoms with Crippen LogP contribution in [-0.2, 0) is 24.2 Å². The molecular formula is C21H19FN4O4. The van der Waals surface area contributed by atoms with Crippen molar-refractivity contribution < 1.29 is 18.7 Å². The van der Waals surface area contributed by atoms with Crippen molar-refractivity contribution in [2.45, 2.75) is 25.8 Å². The van der Waals surface area contributed by atoms with Crippen LogP contribution in [0.15, 0.2) is 41.2 Å². The van der Waals surface area contributed by atoms with Gasteiger partial charge in [-0.1, -0.05) is 6.07 Å². The lowest BCUT2D eigenvalue weighted by atomic mass is 10.1. The van der Waals surface area contributed by atoms with Gasteiger partial charge in [-0.3, -0.25) is 29.8 Å². The average Bonchev–Trinajstić information content (AvgIpc) is 3.21. The first-order chi connectivity index (χ1) is 14.5. The van der Waals surface area contributed by atoms with Crippen molar-refractivity contribution in [1.29, 1.82) is 0 Å². The Kier molecular flexibility index (Phi) is 5.18. The molecule has 1 aromatic heterocycles. The first-order valence-electron chi connectivity index (χ1n) is 9.41. The van der Waals surface area contributed by atoms with E-state index in [1.807, 2.05) is 0 Å².